The van der Waals surface area contributed by atoms with Crippen LogP contribution in [0.15, 0.2) is 47.8 Å². The normalized spacial score (nSPS) is 15.6. The molecule has 6 nitrogen and oxygen atoms in total. The molecule has 0 aliphatic carbocycles. The molecule has 160 valence electrons. The number of benzene rings is 2. The maximum atomic E-state index is 12.9. The van der Waals surface area contributed by atoms with Gasteiger partial charge in [0, 0.05) is 16.6 Å². The molecule has 2 heterocycles. The molecule has 3 aromatic rings. The summed E-state index contributed by atoms with van der Waals surface area (Å²) in [4.78, 5) is 31.6. The van der Waals surface area contributed by atoms with E-state index in [1.807, 2.05) is 54.8 Å². The third-order valence-electron chi connectivity index (χ3n) is 5.24. The van der Waals surface area contributed by atoms with Crippen LogP contribution in [0.1, 0.15) is 37.3 Å². The van der Waals surface area contributed by atoms with E-state index < -0.39 is 6.10 Å². The Morgan fingerprint density at radius 2 is 1.97 bits per heavy atom. The second-order valence-electron chi connectivity index (χ2n) is 7.94. The van der Waals surface area contributed by atoms with Crippen LogP contribution in [0.5, 0.6) is 5.75 Å². The van der Waals surface area contributed by atoms with Crippen molar-refractivity contribution in [3.63, 3.8) is 0 Å². The third-order valence-corrected chi connectivity index (χ3v) is 6.02. The van der Waals surface area contributed by atoms with Gasteiger partial charge in [-0.2, -0.15) is 0 Å². The summed E-state index contributed by atoms with van der Waals surface area (Å²) >= 11 is 1.57. The number of thiazole rings is 1. The summed E-state index contributed by atoms with van der Waals surface area (Å²) < 4.78 is 5.77. The van der Waals surface area contributed by atoms with E-state index in [1.54, 1.807) is 18.3 Å². The second kappa shape index (κ2) is 8.51. The molecule has 0 radical (unpaired) electrons. The van der Waals surface area contributed by atoms with Crippen molar-refractivity contribution >= 4 is 34.5 Å². The first-order valence-corrected chi connectivity index (χ1v) is 11.1. The molecule has 1 aliphatic rings. The molecular weight excluding hydrogens is 410 g/mol. The number of hydrogen-bond acceptors (Lipinski definition) is 5. The summed E-state index contributed by atoms with van der Waals surface area (Å²) in [6.07, 6.45) is -0.655. The van der Waals surface area contributed by atoms with Gasteiger partial charge in [0.15, 0.2) is 6.10 Å². The number of amides is 2. The van der Waals surface area contributed by atoms with Crippen molar-refractivity contribution in [3.8, 4) is 17.0 Å². The Balaban J connectivity index is 1.57. The molecule has 0 fully saturated rings. The third kappa shape index (κ3) is 4.46. The van der Waals surface area contributed by atoms with Crippen molar-refractivity contribution in [1.82, 2.24) is 4.98 Å². The minimum Gasteiger partial charge on any atom is -0.479 e. The Morgan fingerprint density at radius 1 is 1.23 bits per heavy atom. The number of anilines is 2. The molecule has 7 heteroatoms. The molecule has 1 unspecified atom stereocenters. The first-order valence-electron chi connectivity index (χ1n) is 10.3. The molecule has 0 saturated carbocycles. The molecule has 0 saturated heterocycles. The van der Waals surface area contributed by atoms with Gasteiger partial charge in [-0.1, -0.05) is 26.0 Å². The van der Waals surface area contributed by atoms with Crippen LogP contribution >= 0.6 is 11.3 Å². The second-order valence-corrected chi connectivity index (χ2v) is 9.01. The van der Waals surface area contributed by atoms with E-state index in [0.29, 0.717) is 23.0 Å². The molecule has 2 aromatic carbocycles. The number of aromatic nitrogens is 1. The SMILES string of the molecule is Cc1nc(-c2ccc3c(c2)N(CC(=O)Nc2ccc(C(C)C)cc2)C(=O)C(C)O3)cs1. The van der Waals surface area contributed by atoms with Crippen LogP contribution in [0.3, 0.4) is 0 Å². The van der Waals surface area contributed by atoms with Gasteiger partial charge in [0.25, 0.3) is 5.91 Å². The molecule has 1 aliphatic heterocycles. The number of rotatable bonds is 5. The smallest absolute Gasteiger partial charge is 0.268 e. The molecule has 31 heavy (non-hydrogen) atoms. The number of carbonyl (C=O) groups is 2. The first kappa shape index (κ1) is 21.1. The molecule has 0 spiro atoms. The average molecular weight is 436 g/mol. The maximum absolute atomic E-state index is 12.9. The van der Waals surface area contributed by atoms with Gasteiger partial charge in [-0.05, 0) is 55.7 Å². The number of aryl methyl sites for hydroxylation is 1. The topological polar surface area (TPSA) is 71.5 Å². The minimum atomic E-state index is -0.655. The predicted molar refractivity (Wildman–Crippen MR) is 124 cm³/mol. The number of ether oxygens (including phenoxy) is 1. The van der Waals surface area contributed by atoms with Crippen molar-refractivity contribution < 1.29 is 14.3 Å². The molecular formula is C24H25N3O3S. The summed E-state index contributed by atoms with van der Waals surface area (Å²) in [5, 5.41) is 5.83. The Labute approximate surface area is 185 Å². The van der Waals surface area contributed by atoms with Gasteiger partial charge in [0.05, 0.1) is 16.4 Å². The van der Waals surface area contributed by atoms with Crippen LogP contribution in [0.25, 0.3) is 11.3 Å². The minimum absolute atomic E-state index is 0.0923. The average Bonchev–Trinajstić information content (AvgIpc) is 3.18. The van der Waals surface area contributed by atoms with Crippen molar-refractivity contribution in [3.05, 3.63) is 58.4 Å². The van der Waals surface area contributed by atoms with Crippen LogP contribution in [0.2, 0.25) is 0 Å². The molecule has 1 atom stereocenters. The fourth-order valence-electron chi connectivity index (χ4n) is 3.52. The summed E-state index contributed by atoms with van der Waals surface area (Å²) in [5.74, 6) is 0.492. The lowest BCUT2D eigenvalue weighted by Crippen LogP contribution is -2.47. The van der Waals surface area contributed by atoms with E-state index in [9.17, 15) is 9.59 Å². The van der Waals surface area contributed by atoms with Crippen molar-refractivity contribution in [2.75, 3.05) is 16.8 Å². The van der Waals surface area contributed by atoms with E-state index in [4.69, 9.17) is 4.74 Å². The zero-order valence-electron chi connectivity index (χ0n) is 18.0. The highest BCUT2D eigenvalue weighted by Crippen LogP contribution is 2.37. The van der Waals surface area contributed by atoms with Gasteiger partial charge in [0.1, 0.15) is 12.3 Å². The molecule has 4 rings (SSSR count). The van der Waals surface area contributed by atoms with Crippen molar-refractivity contribution in [2.24, 2.45) is 0 Å². The fourth-order valence-corrected chi connectivity index (χ4v) is 4.14. The standard InChI is InChI=1S/C24H25N3O3S/c1-14(2)17-5-8-19(9-6-17)26-23(28)12-27-21-11-18(20-13-31-16(4)25-20)7-10-22(21)30-15(3)24(27)29/h5-11,13-15H,12H2,1-4H3,(H,26,28). The summed E-state index contributed by atoms with van der Waals surface area (Å²) in [6, 6.07) is 13.4. The molecule has 1 aromatic heterocycles. The van der Waals surface area contributed by atoms with E-state index in [-0.39, 0.29) is 18.4 Å². The quantitative estimate of drug-likeness (QED) is 0.613. The van der Waals surface area contributed by atoms with Crippen LogP contribution in [0.4, 0.5) is 11.4 Å². The fraction of sp³-hybridized carbons (Fsp3) is 0.292. The Morgan fingerprint density at radius 3 is 2.61 bits per heavy atom. The largest absolute Gasteiger partial charge is 0.479 e. The van der Waals surface area contributed by atoms with Gasteiger partial charge >= 0.3 is 0 Å². The first-order chi connectivity index (χ1) is 14.8. The van der Waals surface area contributed by atoms with Gasteiger partial charge in [-0.3, -0.25) is 14.5 Å². The number of nitrogens with zero attached hydrogens (tertiary/aromatic N) is 2. The number of fused-ring (bicyclic) bond motifs is 1. The van der Waals surface area contributed by atoms with Gasteiger partial charge in [-0.25, -0.2) is 4.98 Å². The van der Waals surface area contributed by atoms with Crippen LogP contribution in [-0.4, -0.2) is 29.4 Å². The zero-order chi connectivity index (χ0) is 22.1. The maximum Gasteiger partial charge on any atom is 0.268 e. The highest BCUT2D eigenvalue weighted by Gasteiger charge is 2.33. The van der Waals surface area contributed by atoms with Gasteiger partial charge < -0.3 is 10.1 Å². The highest BCUT2D eigenvalue weighted by atomic mass is 32.1. The Kier molecular flexibility index (Phi) is 5.78. The summed E-state index contributed by atoms with van der Waals surface area (Å²) in [6.45, 7) is 7.80. The van der Waals surface area contributed by atoms with E-state index in [0.717, 1.165) is 16.3 Å². The molecule has 1 N–H and O–H groups in total. The Hall–Kier alpha value is -3.19. The van der Waals surface area contributed by atoms with Gasteiger partial charge in [0.2, 0.25) is 5.91 Å². The lowest BCUT2D eigenvalue weighted by Gasteiger charge is -2.32. The summed E-state index contributed by atoms with van der Waals surface area (Å²) in [5.41, 5.74) is 4.20. The lowest BCUT2D eigenvalue weighted by atomic mass is 10.0. The lowest BCUT2D eigenvalue weighted by molar-refractivity contribution is -0.127. The van der Waals surface area contributed by atoms with Gasteiger partial charge in [-0.15, -0.1) is 11.3 Å². The predicted octanol–water partition coefficient (Wildman–Crippen LogP) is 4.99. The van der Waals surface area contributed by atoms with E-state index in [1.165, 1.54) is 10.5 Å². The Bertz CT molecular complexity index is 1120. The molecule has 2 amide bonds. The van der Waals surface area contributed by atoms with Crippen LogP contribution in [-0.2, 0) is 9.59 Å². The number of nitrogens with one attached hydrogen (secondary N) is 1. The number of carbonyl (C=O) groups excluding carboxylic acids is 2. The van der Waals surface area contributed by atoms with Crippen molar-refractivity contribution in [2.45, 2.75) is 39.7 Å². The monoisotopic (exact) mass is 435 g/mol. The van der Waals surface area contributed by atoms with Crippen molar-refractivity contribution in [1.29, 1.82) is 0 Å². The number of hydrogen-bond donors (Lipinski definition) is 1. The zero-order valence-corrected chi connectivity index (χ0v) is 18.8. The van der Waals surface area contributed by atoms with E-state index >= 15 is 0 Å². The highest BCUT2D eigenvalue weighted by molar-refractivity contribution is 7.09. The van der Waals surface area contributed by atoms with Crippen LogP contribution < -0.4 is 15.0 Å². The molecule has 0 bridgehead atoms. The van der Waals surface area contributed by atoms with E-state index in [2.05, 4.69) is 24.1 Å². The van der Waals surface area contributed by atoms with Crippen LogP contribution in [0, 0.1) is 6.92 Å². The summed E-state index contributed by atoms with van der Waals surface area (Å²) in [7, 11) is 0.